The number of methoxy groups -OCH3 is 1. The molecule has 2 heterocycles. The van der Waals surface area contributed by atoms with Gasteiger partial charge in [0, 0.05) is 23.1 Å². The van der Waals surface area contributed by atoms with E-state index in [0.29, 0.717) is 17.3 Å². The van der Waals surface area contributed by atoms with E-state index in [1.807, 2.05) is 6.07 Å². The van der Waals surface area contributed by atoms with Gasteiger partial charge < -0.3 is 9.72 Å². The Morgan fingerprint density at radius 1 is 1.43 bits per heavy atom. The van der Waals surface area contributed by atoms with E-state index < -0.39 is 0 Å². The number of hydrogen-bond acceptors (Lipinski definition) is 3. The zero-order valence-corrected chi connectivity index (χ0v) is 9.08. The van der Waals surface area contributed by atoms with E-state index in [9.17, 15) is 0 Å². The molecule has 0 spiro atoms. The van der Waals surface area contributed by atoms with Crippen molar-refractivity contribution in [3.05, 3.63) is 29.1 Å². The summed E-state index contributed by atoms with van der Waals surface area (Å²) in [5, 5.41) is 0. The van der Waals surface area contributed by atoms with Gasteiger partial charge in [-0.2, -0.15) is 0 Å². The normalized spacial score (nSPS) is 10.1. The van der Waals surface area contributed by atoms with Crippen LogP contribution in [0.5, 0.6) is 5.75 Å². The Balaban J connectivity index is 2.53. The van der Waals surface area contributed by atoms with E-state index in [4.69, 9.17) is 4.74 Å². The second kappa shape index (κ2) is 3.79. The van der Waals surface area contributed by atoms with Crippen LogP contribution in [0.2, 0.25) is 0 Å². The maximum atomic E-state index is 5.20. The molecule has 4 nitrogen and oxygen atoms in total. The van der Waals surface area contributed by atoms with Crippen LogP contribution in [0.3, 0.4) is 0 Å². The van der Waals surface area contributed by atoms with Gasteiger partial charge in [-0.15, -0.1) is 0 Å². The average Bonchev–Trinajstić information content (AvgIpc) is 2.70. The monoisotopic (exact) mass is 253 g/mol. The van der Waals surface area contributed by atoms with E-state index in [1.165, 1.54) is 0 Å². The first-order valence-corrected chi connectivity index (χ1v) is 4.80. The summed E-state index contributed by atoms with van der Waals surface area (Å²) in [6, 6.07) is 1.85. The molecular weight excluding hydrogens is 246 g/mol. The van der Waals surface area contributed by atoms with Crippen molar-refractivity contribution in [1.29, 1.82) is 0 Å². The molecule has 0 radical (unpaired) electrons. The molecular formula is C9H8BrN3O. The Morgan fingerprint density at radius 2 is 2.29 bits per heavy atom. The van der Waals surface area contributed by atoms with Crippen molar-refractivity contribution >= 4 is 15.9 Å². The number of H-pyrrole nitrogens is 1. The minimum atomic E-state index is 0.689. The molecule has 0 bridgehead atoms. The van der Waals surface area contributed by atoms with Gasteiger partial charge in [-0.1, -0.05) is 0 Å². The summed E-state index contributed by atoms with van der Waals surface area (Å²) >= 11 is 3.33. The summed E-state index contributed by atoms with van der Waals surface area (Å²) in [6.45, 7) is 0. The first kappa shape index (κ1) is 9.21. The van der Waals surface area contributed by atoms with Crippen LogP contribution in [0.4, 0.5) is 0 Å². The van der Waals surface area contributed by atoms with Crippen molar-refractivity contribution in [3.63, 3.8) is 0 Å². The highest BCUT2D eigenvalue weighted by Crippen LogP contribution is 2.27. The zero-order valence-electron chi connectivity index (χ0n) is 7.49. The maximum Gasteiger partial charge on any atom is 0.159 e. The van der Waals surface area contributed by atoms with Gasteiger partial charge in [0.1, 0.15) is 11.4 Å². The van der Waals surface area contributed by atoms with E-state index in [2.05, 4.69) is 30.9 Å². The predicted octanol–water partition coefficient (Wildman–Crippen LogP) is 2.24. The van der Waals surface area contributed by atoms with Gasteiger partial charge in [0.05, 0.1) is 7.11 Å². The van der Waals surface area contributed by atoms with Crippen molar-refractivity contribution in [2.75, 3.05) is 7.11 Å². The Morgan fingerprint density at radius 3 is 2.93 bits per heavy atom. The molecule has 0 saturated heterocycles. The third kappa shape index (κ3) is 1.63. The zero-order chi connectivity index (χ0) is 9.97. The molecule has 0 fully saturated rings. The summed E-state index contributed by atoms with van der Waals surface area (Å²) in [6.07, 6.45) is 5.14. The van der Waals surface area contributed by atoms with Crippen molar-refractivity contribution in [2.24, 2.45) is 0 Å². The lowest BCUT2D eigenvalue weighted by Crippen LogP contribution is -1.92. The van der Waals surface area contributed by atoms with Gasteiger partial charge in [-0.25, -0.2) is 9.97 Å². The molecule has 0 aromatic carbocycles. The van der Waals surface area contributed by atoms with Crippen LogP contribution in [-0.2, 0) is 0 Å². The largest absolute Gasteiger partial charge is 0.494 e. The molecule has 14 heavy (non-hydrogen) atoms. The summed E-state index contributed by atoms with van der Waals surface area (Å²) in [5.41, 5.74) is 0.709. The van der Waals surface area contributed by atoms with E-state index in [-0.39, 0.29) is 0 Å². The molecule has 0 aliphatic rings. The fraction of sp³-hybridized carbons (Fsp3) is 0.111. The molecule has 0 atom stereocenters. The number of rotatable bonds is 2. The second-order valence-electron chi connectivity index (χ2n) is 2.64. The third-order valence-electron chi connectivity index (χ3n) is 1.76. The summed E-state index contributed by atoms with van der Waals surface area (Å²) in [4.78, 5) is 11.3. The van der Waals surface area contributed by atoms with Crippen LogP contribution in [0.1, 0.15) is 0 Å². The fourth-order valence-corrected chi connectivity index (χ4v) is 1.46. The number of nitrogens with one attached hydrogen (secondary N) is 1. The highest BCUT2D eigenvalue weighted by molar-refractivity contribution is 9.10. The van der Waals surface area contributed by atoms with Gasteiger partial charge in [-0.3, -0.25) is 0 Å². The molecule has 0 saturated carbocycles. The SMILES string of the molecule is COc1cc(Br)cnc1-c1ncc[nH]1. The van der Waals surface area contributed by atoms with Gasteiger partial charge in [0.2, 0.25) is 0 Å². The highest BCUT2D eigenvalue weighted by atomic mass is 79.9. The van der Waals surface area contributed by atoms with Gasteiger partial charge >= 0.3 is 0 Å². The molecule has 5 heteroatoms. The number of hydrogen-bond donors (Lipinski definition) is 1. The van der Waals surface area contributed by atoms with Crippen LogP contribution in [0, 0.1) is 0 Å². The number of imidazole rings is 1. The Kier molecular flexibility index (Phi) is 2.49. The minimum absolute atomic E-state index is 0.689. The smallest absolute Gasteiger partial charge is 0.159 e. The molecule has 2 rings (SSSR count). The molecule has 0 unspecified atom stereocenters. The number of nitrogens with zero attached hydrogens (tertiary/aromatic N) is 2. The van der Waals surface area contributed by atoms with Crippen molar-refractivity contribution in [3.8, 4) is 17.3 Å². The van der Waals surface area contributed by atoms with Gasteiger partial charge in [0.15, 0.2) is 5.82 Å². The molecule has 2 aromatic heterocycles. The third-order valence-corrected chi connectivity index (χ3v) is 2.20. The summed E-state index contributed by atoms with van der Waals surface area (Å²) < 4.78 is 6.08. The van der Waals surface area contributed by atoms with E-state index in [0.717, 1.165) is 4.47 Å². The molecule has 0 aliphatic carbocycles. The molecule has 0 aliphatic heterocycles. The Labute approximate surface area is 89.5 Å². The Hall–Kier alpha value is -1.36. The van der Waals surface area contributed by atoms with E-state index >= 15 is 0 Å². The lowest BCUT2D eigenvalue weighted by Gasteiger charge is -2.04. The van der Waals surface area contributed by atoms with Crippen molar-refractivity contribution in [2.45, 2.75) is 0 Å². The number of ether oxygens (including phenoxy) is 1. The lowest BCUT2D eigenvalue weighted by molar-refractivity contribution is 0.414. The first-order valence-electron chi connectivity index (χ1n) is 4.00. The average molecular weight is 254 g/mol. The quantitative estimate of drug-likeness (QED) is 0.894. The molecule has 1 N–H and O–H groups in total. The molecule has 2 aromatic rings. The van der Waals surface area contributed by atoms with Crippen LogP contribution in [0.25, 0.3) is 11.5 Å². The second-order valence-corrected chi connectivity index (χ2v) is 3.56. The highest BCUT2D eigenvalue weighted by Gasteiger charge is 2.09. The van der Waals surface area contributed by atoms with Crippen molar-refractivity contribution in [1.82, 2.24) is 15.0 Å². The van der Waals surface area contributed by atoms with Crippen molar-refractivity contribution < 1.29 is 4.74 Å². The predicted molar refractivity (Wildman–Crippen MR) is 56.1 cm³/mol. The lowest BCUT2D eigenvalue weighted by atomic mass is 10.3. The van der Waals surface area contributed by atoms with Gasteiger partial charge in [0.25, 0.3) is 0 Å². The van der Waals surface area contributed by atoms with Crippen LogP contribution < -0.4 is 4.74 Å². The van der Waals surface area contributed by atoms with Crippen LogP contribution in [-0.4, -0.2) is 22.1 Å². The Bertz CT molecular complexity index is 428. The summed E-state index contributed by atoms with van der Waals surface area (Å²) in [7, 11) is 1.61. The number of aromatic amines is 1. The molecule has 72 valence electrons. The maximum absolute atomic E-state index is 5.20. The first-order chi connectivity index (χ1) is 6.81. The van der Waals surface area contributed by atoms with Gasteiger partial charge in [-0.05, 0) is 22.0 Å². The topological polar surface area (TPSA) is 50.8 Å². The number of pyridine rings is 1. The summed E-state index contributed by atoms with van der Waals surface area (Å²) in [5.74, 6) is 1.39. The number of halogens is 1. The minimum Gasteiger partial charge on any atom is -0.494 e. The van der Waals surface area contributed by atoms with Crippen LogP contribution >= 0.6 is 15.9 Å². The fourth-order valence-electron chi connectivity index (χ4n) is 1.15. The standard InChI is InChI=1S/C9H8BrN3O/c1-14-7-4-6(10)5-13-8(7)9-11-2-3-12-9/h2-5H,1H3,(H,11,12). The molecule has 0 amide bonds. The van der Waals surface area contributed by atoms with E-state index in [1.54, 1.807) is 25.7 Å². The van der Waals surface area contributed by atoms with Crippen LogP contribution in [0.15, 0.2) is 29.1 Å². The number of aromatic nitrogens is 3.